The molecule has 5 heteroatoms. The second-order valence-corrected chi connectivity index (χ2v) is 7.36. The molecular weight excluding hydrogens is 312 g/mol. The normalized spacial score (nSPS) is 23.1. The molecule has 1 aromatic carbocycles. The van der Waals surface area contributed by atoms with E-state index in [4.69, 9.17) is 0 Å². The van der Waals surface area contributed by atoms with Gasteiger partial charge in [-0.25, -0.2) is 0 Å². The topological polar surface area (TPSA) is 50.2 Å². The van der Waals surface area contributed by atoms with E-state index in [2.05, 4.69) is 46.8 Å². The Balaban J connectivity index is 1.62. The van der Waals surface area contributed by atoms with Gasteiger partial charge in [0.1, 0.15) is 0 Å². The molecule has 3 heterocycles. The van der Waals surface area contributed by atoms with Gasteiger partial charge in [0, 0.05) is 36.6 Å². The predicted molar refractivity (Wildman–Crippen MR) is 98.6 cm³/mol. The number of hydrogen-bond acceptors (Lipinski definition) is 3. The van der Waals surface area contributed by atoms with Gasteiger partial charge >= 0.3 is 0 Å². The summed E-state index contributed by atoms with van der Waals surface area (Å²) in [6, 6.07) is 8.16. The number of anilines is 1. The summed E-state index contributed by atoms with van der Waals surface area (Å²) >= 11 is 0. The Morgan fingerprint density at radius 2 is 2.08 bits per heavy atom. The van der Waals surface area contributed by atoms with E-state index in [-0.39, 0.29) is 5.91 Å². The maximum Gasteiger partial charge on any atom is 0.236 e. The molecule has 0 saturated carbocycles. The molecule has 1 N–H and O–H groups in total. The molecule has 1 unspecified atom stereocenters. The number of likely N-dealkylation sites (tertiary alicyclic amines) is 1. The smallest absolute Gasteiger partial charge is 0.236 e. The van der Waals surface area contributed by atoms with E-state index in [1.54, 1.807) is 0 Å². The molecule has 1 saturated heterocycles. The molecule has 1 atom stereocenters. The third kappa shape index (κ3) is 2.49. The van der Waals surface area contributed by atoms with Gasteiger partial charge in [0.15, 0.2) is 0 Å². The molecule has 2 aliphatic heterocycles. The maximum atomic E-state index is 12.8. The maximum absolute atomic E-state index is 12.8. The van der Waals surface area contributed by atoms with E-state index in [9.17, 15) is 4.79 Å². The number of rotatable bonds is 3. The van der Waals surface area contributed by atoms with Crippen molar-refractivity contribution in [3.8, 4) is 0 Å². The van der Waals surface area contributed by atoms with Crippen LogP contribution in [0.2, 0.25) is 0 Å². The Morgan fingerprint density at radius 1 is 1.28 bits per heavy atom. The van der Waals surface area contributed by atoms with E-state index in [1.807, 2.05) is 18.2 Å². The molecule has 1 amide bonds. The summed E-state index contributed by atoms with van der Waals surface area (Å²) < 4.78 is 2.07. The number of carbonyl (C=O) groups is 1. The van der Waals surface area contributed by atoms with E-state index in [1.165, 1.54) is 16.8 Å². The SMILES string of the molecule is CCn1nc(C)c(CN2CCCC3(C2)C(=O)Nc2ccccc23)c1C. The molecule has 1 aromatic heterocycles. The fourth-order valence-corrected chi connectivity index (χ4v) is 4.55. The van der Waals surface area contributed by atoms with Crippen molar-refractivity contribution < 1.29 is 4.79 Å². The van der Waals surface area contributed by atoms with Gasteiger partial charge in [-0.15, -0.1) is 0 Å². The summed E-state index contributed by atoms with van der Waals surface area (Å²) in [5.41, 5.74) is 5.43. The van der Waals surface area contributed by atoms with E-state index in [0.717, 1.165) is 50.4 Å². The minimum Gasteiger partial charge on any atom is -0.325 e. The lowest BCUT2D eigenvalue weighted by atomic mass is 9.75. The van der Waals surface area contributed by atoms with E-state index >= 15 is 0 Å². The largest absolute Gasteiger partial charge is 0.325 e. The number of aromatic nitrogens is 2. The first-order chi connectivity index (χ1) is 12.0. The van der Waals surface area contributed by atoms with Crippen LogP contribution >= 0.6 is 0 Å². The molecule has 0 aliphatic carbocycles. The highest BCUT2D eigenvalue weighted by atomic mass is 16.2. The number of fused-ring (bicyclic) bond motifs is 2. The minimum absolute atomic E-state index is 0.163. The van der Waals surface area contributed by atoms with Crippen LogP contribution in [0.4, 0.5) is 5.69 Å². The van der Waals surface area contributed by atoms with Gasteiger partial charge in [-0.3, -0.25) is 14.4 Å². The Kier molecular flexibility index (Phi) is 3.91. The standard InChI is InChI=1S/C20H26N4O/c1-4-24-15(3)16(14(2)22-24)12-23-11-7-10-20(13-23)17-8-5-6-9-18(17)21-19(20)25/h5-6,8-9H,4,7,10-13H2,1-3H3,(H,21,25). The summed E-state index contributed by atoms with van der Waals surface area (Å²) in [5.74, 6) is 0.163. The molecular formula is C20H26N4O. The molecule has 132 valence electrons. The number of benzene rings is 1. The Bertz CT molecular complexity index is 825. The molecule has 0 radical (unpaired) electrons. The number of amides is 1. The van der Waals surface area contributed by atoms with Crippen LogP contribution in [0, 0.1) is 13.8 Å². The van der Waals surface area contributed by atoms with Crippen LogP contribution in [0.1, 0.15) is 42.3 Å². The third-order valence-corrected chi connectivity index (χ3v) is 5.91. The number of aryl methyl sites for hydroxylation is 2. The molecule has 25 heavy (non-hydrogen) atoms. The van der Waals surface area contributed by atoms with Crippen LogP contribution in [-0.4, -0.2) is 33.7 Å². The molecule has 2 aromatic rings. The lowest BCUT2D eigenvalue weighted by Gasteiger charge is -2.39. The Labute approximate surface area is 149 Å². The van der Waals surface area contributed by atoms with Crippen molar-refractivity contribution >= 4 is 11.6 Å². The zero-order valence-electron chi connectivity index (χ0n) is 15.3. The number of nitrogens with one attached hydrogen (secondary N) is 1. The summed E-state index contributed by atoms with van der Waals surface area (Å²) in [7, 11) is 0. The lowest BCUT2D eigenvalue weighted by Crippen LogP contribution is -2.49. The highest BCUT2D eigenvalue weighted by Gasteiger charge is 2.48. The minimum atomic E-state index is -0.391. The second-order valence-electron chi connectivity index (χ2n) is 7.36. The lowest BCUT2D eigenvalue weighted by molar-refractivity contribution is -0.122. The second kappa shape index (κ2) is 5.99. The van der Waals surface area contributed by atoms with Crippen LogP contribution in [0.25, 0.3) is 0 Å². The van der Waals surface area contributed by atoms with E-state index in [0.29, 0.717) is 0 Å². The van der Waals surface area contributed by atoms with Gasteiger partial charge in [0.2, 0.25) is 5.91 Å². The average molecular weight is 338 g/mol. The number of piperidine rings is 1. The monoisotopic (exact) mass is 338 g/mol. The average Bonchev–Trinajstić information content (AvgIpc) is 3.04. The first-order valence-electron chi connectivity index (χ1n) is 9.21. The molecule has 1 spiro atoms. The van der Waals surface area contributed by atoms with Crippen molar-refractivity contribution in [1.82, 2.24) is 14.7 Å². The van der Waals surface area contributed by atoms with Crippen LogP contribution < -0.4 is 5.32 Å². The number of carbonyl (C=O) groups excluding carboxylic acids is 1. The van der Waals surface area contributed by atoms with Gasteiger partial charge in [-0.05, 0) is 51.8 Å². The molecule has 5 nitrogen and oxygen atoms in total. The summed E-state index contributed by atoms with van der Waals surface area (Å²) in [5, 5.41) is 7.74. The van der Waals surface area contributed by atoms with Crippen LogP contribution in [0.15, 0.2) is 24.3 Å². The molecule has 1 fully saturated rings. The fraction of sp³-hybridized carbons (Fsp3) is 0.500. The van der Waals surface area contributed by atoms with Crippen molar-refractivity contribution in [1.29, 1.82) is 0 Å². The first-order valence-corrected chi connectivity index (χ1v) is 9.21. The first kappa shape index (κ1) is 16.3. The van der Waals surface area contributed by atoms with Crippen molar-refractivity contribution in [3.63, 3.8) is 0 Å². The molecule has 4 rings (SSSR count). The summed E-state index contributed by atoms with van der Waals surface area (Å²) in [4.78, 5) is 15.3. The summed E-state index contributed by atoms with van der Waals surface area (Å²) in [6.07, 6.45) is 1.97. The van der Waals surface area contributed by atoms with Crippen molar-refractivity contribution in [2.45, 2.75) is 52.1 Å². The van der Waals surface area contributed by atoms with Crippen molar-refractivity contribution in [2.24, 2.45) is 0 Å². The fourth-order valence-electron chi connectivity index (χ4n) is 4.55. The highest BCUT2D eigenvalue weighted by molar-refractivity contribution is 6.06. The summed E-state index contributed by atoms with van der Waals surface area (Å²) in [6.45, 7) is 9.95. The van der Waals surface area contributed by atoms with Crippen LogP contribution in [0.5, 0.6) is 0 Å². The Morgan fingerprint density at radius 3 is 2.84 bits per heavy atom. The van der Waals surface area contributed by atoms with Gasteiger partial charge in [0.25, 0.3) is 0 Å². The third-order valence-electron chi connectivity index (χ3n) is 5.91. The molecule has 2 aliphatic rings. The predicted octanol–water partition coefficient (Wildman–Crippen LogP) is 3.01. The molecule has 0 bridgehead atoms. The van der Waals surface area contributed by atoms with Gasteiger partial charge in [-0.1, -0.05) is 18.2 Å². The number of para-hydroxylation sites is 1. The number of hydrogen-bond donors (Lipinski definition) is 1. The number of nitrogens with zero attached hydrogens (tertiary/aromatic N) is 3. The van der Waals surface area contributed by atoms with Crippen LogP contribution in [0.3, 0.4) is 0 Å². The van der Waals surface area contributed by atoms with Gasteiger partial charge in [0.05, 0.1) is 11.1 Å². The Hall–Kier alpha value is -2.14. The van der Waals surface area contributed by atoms with Gasteiger partial charge < -0.3 is 5.32 Å². The zero-order chi connectivity index (χ0) is 17.6. The van der Waals surface area contributed by atoms with Gasteiger partial charge in [-0.2, -0.15) is 5.10 Å². The van der Waals surface area contributed by atoms with Crippen molar-refractivity contribution in [3.05, 3.63) is 46.8 Å². The van der Waals surface area contributed by atoms with E-state index < -0.39 is 5.41 Å². The quantitative estimate of drug-likeness (QED) is 0.936. The highest BCUT2D eigenvalue weighted by Crippen LogP contribution is 2.43. The zero-order valence-corrected chi connectivity index (χ0v) is 15.3. The van der Waals surface area contributed by atoms with Crippen molar-refractivity contribution in [2.75, 3.05) is 18.4 Å². The van der Waals surface area contributed by atoms with Crippen LogP contribution in [-0.2, 0) is 23.3 Å².